The van der Waals surface area contributed by atoms with Crippen LogP contribution in [0.4, 0.5) is 0 Å². The highest BCUT2D eigenvalue weighted by molar-refractivity contribution is 7.18. The molecule has 5 nitrogen and oxygen atoms in total. The summed E-state index contributed by atoms with van der Waals surface area (Å²) in [5.41, 5.74) is 1.73. The van der Waals surface area contributed by atoms with E-state index in [0.717, 1.165) is 20.8 Å². The number of hydrogen-bond donors (Lipinski definition) is 0. The average molecular weight is 343 g/mol. The molecule has 124 valence electrons. The Labute approximate surface area is 143 Å². The normalized spacial score (nSPS) is 10.6. The zero-order chi connectivity index (χ0) is 16.9. The number of aromatic nitrogens is 1. The number of hydrogen-bond acceptors (Lipinski definition) is 6. The van der Waals surface area contributed by atoms with Gasteiger partial charge in [-0.05, 0) is 29.8 Å². The number of ether oxygens (including phenoxy) is 3. The summed E-state index contributed by atoms with van der Waals surface area (Å²) in [7, 11) is 3.14. The van der Waals surface area contributed by atoms with Crippen molar-refractivity contribution in [2.45, 2.75) is 13.0 Å². The SMILES string of the molecule is COc1ccc(CC(=O)OCc2nc3ccccc3s2)cc1OC. The lowest BCUT2D eigenvalue weighted by Crippen LogP contribution is -2.08. The fraction of sp³-hybridized carbons (Fsp3) is 0.222. The quantitative estimate of drug-likeness (QED) is 0.640. The first kappa shape index (κ1) is 16.3. The first-order valence-corrected chi connectivity index (χ1v) is 8.22. The highest BCUT2D eigenvalue weighted by atomic mass is 32.1. The predicted molar refractivity (Wildman–Crippen MR) is 92.7 cm³/mol. The second kappa shape index (κ2) is 7.31. The van der Waals surface area contributed by atoms with Crippen LogP contribution in [0.25, 0.3) is 10.2 Å². The van der Waals surface area contributed by atoms with Gasteiger partial charge in [-0.2, -0.15) is 0 Å². The summed E-state index contributed by atoms with van der Waals surface area (Å²) < 4.78 is 16.8. The van der Waals surface area contributed by atoms with Gasteiger partial charge in [-0.25, -0.2) is 4.98 Å². The van der Waals surface area contributed by atoms with Crippen LogP contribution in [0, 0.1) is 0 Å². The number of rotatable bonds is 6. The van der Waals surface area contributed by atoms with Crippen molar-refractivity contribution in [1.29, 1.82) is 0 Å². The van der Waals surface area contributed by atoms with Gasteiger partial charge in [0.05, 0.1) is 30.9 Å². The minimum atomic E-state index is -0.304. The van der Waals surface area contributed by atoms with E-state index < -0.39 is 0 Å². The Hall–Kier alpha value is -2.60. The molecule has 1 aromatic heterocycles. The van der Waals surface area contributed by atoms with Gasteiger partial charge in [0.25, 0.3) is 0 Å². The first-order chi connectivity index (χ1) is 11.7. The molecule has 1 heterocycles. The molecular weight excluding hydrogens is 326 g/mol. The van der Waals surface area contributed by atoms with Crippen molar-refractivity contribution < 1.29 is 19.0 Å². The topological polar surface area (TPSA) is 57.7 Å². The Kier molecular flexibility index (Phi) is 4.96. The molecule has 0 saturated heterocycles. The second-order valence-corrected chi connectivity index (χ2v) is 6.22. The molecule has 2 aromatic carbocycles. The van der Waals surface area contributed by atoms with Gasteiger partial charge in [0.15, 0.2) is 11.5 Å². The molecule has 3 rings (SSSR count). The van der Waals surface area contributed by atoms with Gasteiger partial charge in [0.1, 0.15) is 11.6 Å². The highest BCUT2D eigenvalue weighted by Gasteiger charge is 2.11. The van der Waals surface area contributed by atoms with Crippen LogP contribution in [-0.2, 0) is 22.6 Å². The molecular formula is C18H17NO4S. The molecule has 24 heavy (non-hydrogen) atoms. The maximum atomic E-state index is 12.0. The smallest absolute Gasteiger partial charge is 0.310 e. The third kappa shape index (κ3) is 3.65. The molecule has 0 spiro atoms. The van der Waals surface area contributed by atoms with Gasteiger partial charge in [-0.15, -0.1) is 11.3 Å². The van der Waals surface area contributed by atoms with Crippen LogP contribution in [0.2, 0.25) is 0 Å². The molecule has 0 unspecified atom stereocenters. The highest BCUT2D eigenvalue weighted by Crippen LogP contribution is 2.28. The third-order valence-corrected chi connectivity index (χ3v) is 4.50. The Morgan fingerprint density at radius 2 is 1.88 bits per heavy atom. The lowest BCUT2D eigenvalue weighted by Gasteiger charge is -2.09. The summed E-state index contributed by atoms with van der Waals surface area (Å²) >= 11 is 1.53. The molecule has 0 saturated carbocycles. The van der Waals surface area contributed by atoms with Crippen molar-refractivity contribution in [3.63, 3.8) is 0 Å². The van der Waals surface area contributed by atoms with E-state index in [2.05, 4.69) is 4.98 Å². The zero-order valence-corrected chi connectivity index (χ0v) is 14.3. The van der Waals surface area contributed by atoms with Crippen LogP contribution in [-0.4, -0.2) is 25.2 Å². The molecule has 0 aliphatic rings. The number of fused-ring (bicyclic) bond motifs is 1. The van der Waals surface area contributed by atoms with Crippen molar-refractivity contribution in [1.82, 2.24) is 4.98 Å². The number of carbonyl (C=O) groups excluding carboxylic acids is 1. The Balaban J connectivity index is 1.61. The number of benzene rings is 2. The predicted octanol–water partition coefficient (Wildman–Crippen LogP) is 3.60. The van der Waals surface area contributed by atoms with Crippen molar-refractivity contribution >= 4 is 27.5 Å². The number of methoxy groups -OCH3 is 2. The number of nitrogens with zero attached hydrogens (tertiary/aromatic N) is 1. The second-order valence-electron chi connectivity index (χ2n) is 5.10. The molecule has 0 aliphatic carbocycles. The lowest BCUT2D eigenvalue weighted by molar-refractivity contribution is -0.144. The molecule has 6 heteroatoms. The summed E-state index contributed by atoms with van der Waals surface area (Å²) in [5.74, 6) is 0.916. The molecule has 0 N–H and O–H groups in total. The minimum absolute atomic E-state index is 0.172. The lowest BCUT2D eigenvalue weighted by atomic mass is 10.1. The van der Waals surface area contributed by atoms with Gasteiger partial charge in [-0.3, -0.25) is 4.79 Å². The van der Waals surface area contributed by atoms with E-state index in [1.165, 1.54) is 11.3 Å². The van der Waals surface area contributed by atoms with Gasteiger partial charge < -0.3 is 14.2 Å². The van der Waals surface area contributed by atoms with Crippen molar-refractivity contribution in [2.24, 2.45) is 0 Å². The van der Waals surface area contributed by atoms with Crippen molar-refractivity contribution in [3.05, 3.63) is 53.0 Å². The van der Waals surface area contributed by atoms with E-state index in [0.29, 0.717) is 11.5 Å². The minimum Gasteiger partial charge on any atom is -0.493 e. The molecule has 3 aromatic rings. The van der Waals surface area contributed by atoms with Crippen LogP contribution in [0.3, 0.4) is 0 Å². The van der Waals surface area contributed by atoms with Crippen LogP contribution < -0.4 is 9.47 Å². The van der Waals surface area contributed by atoms with Crippen LogP contribution in [0.15, 0.2) is 42.5 Å². The Bertz CT molecular complexity index is 826. The molecule has 0 bridgehead atoms. The van der Waals surface area contributed by atoms with Gasteiger partial charge in [0, 0.05) is 0 Å². The van der Waals surface area contributed by atoms with Gasteiger partial charge in [-0.1, -0.05) is 18.2 Å². The van der Waals surface area contributed by atoms with Gasteiger partial charge in [0.2, 0.25) is 0 Å². The molecule has 0 amide bonds. The third-order valence-electron chi connectivity index (χ3n) is 3.49. The molecule has 0 atom stereocenters. The zero-order valence-electron chi connectivity index (χ0n) is 13.4. The summed E-state index contributed by atoms with van der Waals surface area (Å²) in [6.45, 7) is 0.186. The Morgan fingerprint density at radius 1 is 1.08 bits per heavy atom. The summed E-state index contributed by atoms with van der Waals surface area (Å²) in [5, 5.41) is 0.789. The van der Waals surface area contributed by atoms with E-state index in [1.807, 2.05) is 30.3 Å². The monoisotopic (exact) mass is 343 g/mol. The standard InChI is InChI=1S/C18H17NO4S/c1-21-14-8-7-12(9-15(14)22-2)10-18(20)23-11-17-19-13-5-3-4-6-16(13)24-17/h3-9H,10-11H2,1-2H3. The summed E-state index contributed by atoms with van der Waals surface area (Å²) in [4.78, 5) is 16.5. The average Bonchev–Trinajstić information content (AvgIpc) is 3.03. The molecule has 0 fully saturated rings. The van der Waals surface area contributed by atoms with E-state index >= 15 is 0 Å². The van der Waals surface area contributed by atoms with Crippen molar-refractivity contribution in [2.75, 3.05) is 14.2 Å². The fourth-order valence-corrected chi connectivity index (χ4v) is 3.21. The van der Waals surface area contributed by atoms with Crippen LogP contribution >= 0.6 is 11.3 Å². The largest absolute Gasteiger partial charge is 0.493 e. The molecule has 0 radical (unpaired) electrons. The van der Waals surface area contributed by atoms with Crippen LogP contribution in [0.5, 0.6) is 11.5 Å². The van der Waals surface area contributed by atoms with E-state index in [9.17, 15) is 4.79 Å². The van der Waals surface area contributed by atoms with Gasteiger partial charge >= 0.3 is 5.97 Å². The number of para-hydroxylation sites is 1. The van der Waals surface area contributed by atoms with Crippen molar-refractivity contribution in [3.8, 4) is 11.5 Å². The number of carbonyl (C=O) groups is 1. The first-order valence-electron chi connectivity index (χ1n) is 7.40. The summed E-state index contributed by atoms with van der Waals surface area (Å²) in [6, 6.07) is 13.2. The maximum absolute atomic E-state index is 12.0. The Morgan fingerprint density at radius 3 is 2.62 bits per heavy atom. The van der Waals surface area contributed by atoms with E-state index in [4.69, 9.17) is 14.2 Å². The number of esters is 1. The maximum Gasteiger partial charge on any atom is 0.310 e. The fourth-order valence-electron chi connectivity index (χ4n) is 2.33. The van der Waals surface area contributed by atoms with E-state index in [-0.39, 0.29) is 19.0 Å². The number of thiazole rings is 1. The summed E-state index contributed by atoms with van der Waals surface area (Å²) in [6.07, 6.45) is 0.172. The van der Waals surface area contributed by atoms with E-state index in [1.54, 1.807) is 26.4 Å². The molecule has 0 aliphatic heterocycles. The van der Waals surface area contributed by atoms with Crippen LogP contribution in [0.1, 0.15) is 10.6 Å².